The highest BCUT2D eigenvalue weighted by Gasteiger charge is 2.14. The van der Waals surface area contributed by atoms with Crippen LogP contribution in [0.15, 0.2) is 36.4 Å². The van der Waals surface area contributed by atoms with Crippen LogP contribution >= 0.6 is 11.6 Å². The largest absolute Gasteiger partial charge is 0.492 e. The Morgan fingerprint density at radius 2 is 2.04 bits per heavy atom. The van der Waals surface area contributed by atoms with Crippen molar-refractivity contribution < 1.29 is 23.4 Å². The summed E-state index contributed by atoms with van der Waals surface area (Å²) in [5.41, 5.74) is 0.219. The predicted molar refractivity (Wildman–Crippen MR) is 81.8 cm³/mol. The standard InChI is InChI=1S/C16H13ClFNO4/c17-13-7-10(18)1-3-12(13)16(20)19-5-6-21-11-2-4-14-15(8-11)23-9-22-14/h1-4,7-8H,5-6,9H2,(H,19,20). The van der Waals surface area contributed by atoms with E-state index in [0.29, 0.717) is 17.2 Å². The molecule has 1 N–H and O–H groups in total. The van der Waals surface area contributed by atoms with Crippen LogP contribution in [0.1, 0.15) is 10.4 Å². The quantitative estimate of drug-likeness (QED) is 0.852. The van der Waals surface area contributed by atoms with Crippen LogP contribution in [-0.2, 0) is 0 Å². The van der Waals surface area contributed by atoms with Crippen molar-refractivity contribution in [3.63, 3.8) is 0 Å². The van der Waals surface area contributed by atoms with Crippen LogP contribution in [-0.4, -0.2) is 25.9 Å². The third kappa shape index (κ3) is 3.65. The van der Waals surface area contributed by atoms with Gasteiger partial charge in [0.2, 0.25) is 6.79 Å². The molecule has 1 amide bonds. The van der Waals surface area contributed by atoms with E-state index < -0.39 is 5.82 Å². The number of halogens is 2. The van der Waals surface area contributed by atoms with Crippen molar-refractivity contribution in [1.29, 1.82) is 0 Å². The molecule has 0 fully saturated rings. The van der Waals surface area contributed by atoms with Crippen LogP contribution in [0.25, 0.3) is 0 Å². The van der Waals surface area contributed by atoms with Gasteiger partial charge < -0.3 is 19.5 Å². The normalized spacial score (nSPS) is 12.1. The SMILES string of the molecule is O=C(NCCOc1ccc2c(c1)OCO2)c1ccc(F)cc1Cl. The summed E-state index contributed by atoms with van der Waals surface area (Å²) in [6.45, 7) is 0.748. The zero-order valence-corrected chi connectivity index (χ0v) is 12.7. The van der Waals surface area contributed by atoms with E-state index in [1.165, 1.54) is 12.1 Å². The summed E-state index contributed by atoms with van der Waals surface area (Å²) in [6.07, 6.45) is 0. The minimum absolute atomic E-state index is 0.0687. The average molecular weight is 338 g/mol. The second kappa shape index (κ2) is 6.75. The van der Waals surface area contributed by atoms with E-state index in [-0.39, 0.29) is 36.4 Å². The van der Waals surface area contributed by atoms with Crippen molar-refractivity contribution in [2.75, 3.05) is 19.9 Å². The lowest BCUT2D eigenvalue weighted by molar-refractivity contribution is 0.0947. The number of hydrogen-bond donors (Lipinski definition) is 1. The number of nitrogens with one attached hydrogen (secondary N) is 1. The van der Waals surface area contributed by atoms with E-state index in [4.69, 9.17) is 25.8 Å². The van der Waals surface area contributed by atoms with Crippen LogP contribution < -0.4 is 19.5 Å². The van der Waals surface area contributed by atoms with Gasteiger partial charge in [-0.05, 0) is 30.3 Å². The highest BCUT2D eigenvalue weighted by molar-refractivity contribution is 6.33. The number of ether oxygens (including phenoxy) is 3. The summed E-state index contributed by atoms with van der Waals surface area (Å²) in [6, 6.07) is 8.86. The van der Waals surface area contributed by atoms with E-state index in [1.807, 2.05) is 0 Å². The molecule has 0 saturated heterocycles. The van der Waals surface area contributed by atoms with Gasteiger partial charge in [0.05, 0.1) is 17.1 Å². The fourth-order valence-corrected chi connectivity index (χ4v) is 2.32. The fourth-order valence-electron chi connectivity index (χ4n) is 2.07. The number of carbonyl (C=O) groups excluding carboxylic acids is 1. The predicted octanol–water partition coefficient (Wildman–Crippen LogP) is 3.02. The Morgan fingerprint density at radius 1 is 1.22 bits per heavy atom. The average Bonchev–Trinajstić information content (AvgIpc) is 2.99. The maximum Gasteiger partial charge on any atom is 0.252 e. The van der Waals surface area contributed by atoms with Gasteiger partial charge in [-0.25, -0.2) is 4.39 Å². The summed E-state index contributed by atoms with van der Waals surface area (Å²) in [7, 11) is 0. The van der Waals surface area contributed by atoms with Gasteiger partial charge >= 0.3 is 0 Å². The summed E-state index contributed by atoms with van der Waals surface area (Å²) in [5, 5.41) is 2.72. The Hall–Kier alpha value is -2.47. The smallest absolute Gasteiger partial charge is 0.252 e. The Balaban J connectivity index is 1.49. The Morgan fingerprint density at radius 3 is 2.87 bits per heavy atom. The number of rotatable bonds is 5. The first kappa shape index (κ1) is 15.4. The molecule has 0 spiro atoms. The lowest BCUT2D eigenvalue weighted by Crippen LogP contribution is -2.28. The van der Waals surface area contributed by atoms with E-state index in [0.717, 1.165) is 6.07 Å². The molecule has 0 saturated carbocycles. The molecule has 5 nitrogen and oxygen atoms in total. The number of benzene rings is 2. The van der Waals surface area contributed by atoms with Gasteiger partial charge in [0.1, 0.15) is 18.2 Å². The molecule has 2 aromatic carbocycles. The molecule has 1 aliphatic rings. The van der Waals surface area contributed by atoms with Gasteiger partial charge in [-0.3, -0.25) is 4.79 Å². The molecule has 7 heteroatoms. The van der Waals surface area contributed by atoms with Crippen LogP contribution in [0.3, 0.4) is 0 Å². The van der Waals surface area contributed by atoms with Crippen molar-refractivity contribution >= 4 is 17.5 Å². The second-order valence-electron chi connectivity index (χ2n) is 4.74. The van der Waals surface area contributed by atoms with Gasteiger partial charge in [0.15, 0.2) is 11.5 Å². The summed E-state index contributed by atoms with van der Waals surface area (Å²) in [4.78, 5) is 11.9. The molecule has 1 heterocycles. The van der Waals surface area contributed by atoms with Crippen molar-refractivity contribution in [3.8, 4) is 17.2 Å². The molecule has 0 atom stereocenters. The molecule has 2 aromatic rings. The van der Waals surface area contributed by atoms with Gasteiger partial charge in [0.25, 0.3) is 5.91 Å². The van der Waals surface area contributed by atoms with Crippen LogP contribution in [0.4, 0.5) is 4.39 Å². The Kier molecular flexibility index (Phi) is 4.52. The number of hydrogen-bond acceptors (Lipinski definition) is 4. The molecule has 0 bridgehead atoms. The third-order valence-electron chi connectivity index (χ3n) is 3.18. The monoisotopic (exact) mass is 337 g/mol. The zero-order chi connectivity index (χ0) is 16.2. The van der Waals surface area contributed by atoms with Gasteiger partial charge in [0, 0.05) is 6.07 Å². The molecule has 0 aliphatic carbocycles. The van der Waals surface area contributed by atoms with Crippen LogP contribution in [0.5, 0.6) is 17.2 Å². The number of fused-ring (bicyclic) bond motifs is 1. The first-order chi connectivity index (χ1) is 11.1. The molecule has 0 radical (unpaired) electrons. The molecule has 120 valence electrons. The second-order valence-corrected chi connectivity index (χ2v) is 5.15. The molecule has 0 unspecified atom stereocenters. The maximum atomic E-state index is 12.9. The van der Waals surface area contributed by atoms with Crippen molar-refractivity contribution in [2.24, 2.45) is 0 Å². The number of carbonyl (C=O) groups is 1. The Bertz CT molecular complexity index is 738. The molecule has 0 aromatic heterocycles. The lowest BCUT2D eigenvalue weighted by Gasteiger charge is -2.09. The van der Waals surface area contributed by atoms with E-state index in [9.17, 15) is 9.18 Å². The van der Waals surface area contributed by atoms with Crippen LogP contribution in [0.2, 0.25) is 5.02 Å². The summed E-state index contributed by atoms with van der Waals surface area (Å²) in [5.74, 6) is 1.05. The number of amides is 1. The lowest BCUT2D eigenvalue weighted by atomic mass is 10.2. The maximum absolute atomic E-state index is 12.9. The summed E-state index contributed by atoms with van der Waals surface area (Å²) < 4.78 is 28.9. The zero-order valence-electron chi connectivity index (χ0n) is 12.0. The van der Waals surface area contributed by atoms with Crippen molar-refractivity contribution in [1.82, 2.24) is 5.32 Å². The van der Waals surface area contributed by atoms with Crippen molar-refractivity contribution in [2.45, 2.75) is 0 Å². The van der Waals surface area contributed by atoms with E-state index >= 15 is 0 Å². The van der Waals surface area contributed by atoms with Gasteiger partial charge in [-0.1, -0.05) is 11.6 Å². The van der Waals surface area contributed by atoms with E-state index in [1.54, 1.807) is 18.2 Å². The Labute approximate surface area is 136 Å². The molecule has 23 heavy (non-hydrogen) atoms. The summed E-state index contributed by atoms with van der Waals surface area (Å²) >= 11 is 5.83. The van der Waals surface area contributed by atoms with Gasteiger partial charge in [-0.15, -0.1) is 0 Å². The minimum atomic E-state index is -0.488. The van der Waals surface area contributed by atoms with Crippen molar-refractivity contribution in [3.05, 3.63) is 52.8 Å². The van der Waals surface area contributed by atoms with E-state index in [2.05, 4.69) is 5.32 Å². The first-order valence-corrected chi connectivity index (χ1v) is 7.27. The molecule has 3 rings (SSSR count). The fraction of sp³-hybridized carbons (Fsp3) is 0.188. The molecular weight excluding hydrogens is 325 g/mol. The highest BCUT2D eigenvalue weighted by Crippen LogP contribution is 2.34. The molecule has 1 aliphatic heterocycles. The van der Waals surface area contributed by atoms with Crippen LogP contribution in [0, 0.1) is 5.82 Å². The minimum Gasteiger partial charge on any atom is -0.492 e. The third-order valence-corrected chi connectivity index (χ3v) is 3.49. The highest BCUT2D eigenvalue weighted by atomic mass is 35.5. The van der Waals surface area contributed by atoms with Gasteiger partial charge in [-0.2, -0.15) is 0 Å². The molecular formula is C16H13ClFNO4. The topological polar surface area (TPSA) is 56.8 Å². The first-order valence-electron chi connectivity index (χ1n) is 6.89.